The Hall–Kier alpha value is -0.570. The summed E-state index contributed by atoms with van der Waals surface area (Å²) in [7, 11) is 0. The van der Waals surface area contributed by atoms with Crippen LogP contribution in [0.1, 0.15) is 66.2 Å². The molecule has 1 amide bonds. The maximum Gasteiger partial charge on any atom is 0.227 e. The summed E-state index contributed by atoms with van der Waals surface area (Å²) in [5.74, 6) is 0.901. The second kappa shape index (κ2) is 6.55. The van der Waals surface area contributed by atoms with E-state index in [1.165, 1.54) is 12.8 Å². The summed E-state index contributed by atoms with van der Waals surface area (Å²) in [5.41, 5.74) is 5.73. The molecule has 1 fully saturated rings. The molecule has 18 heavy (non-hydrogen) atoms. The van der Waals surface area contributed by atoms with Crippen LogP contribution in [0.2, 0.25) is 0 Å². The summed E-state index contributed by atoms with van der Waals surface area (Å²) >= 11 is 0. The van der Waals surface area contributed by atoms with E-state index in [-0.39, 0.29) is 23.4 Å². The van der Waals surface area contributed by atoms with E-state index in [0.29, 0.717) is 0 Å². The summed E-state index contributed by atoms with van der Waals surface area (Å²) in [4.78, 5) is 12.3. The molecule has 0 heterocycles. The van der Waals surface area contributed by atoms with E-state index in [0.717, 1.165) is 31.6 Å². The largest absolute Gasteiger partial charge is 0.353 e. The molecule has 1 aliphatic carbocycles. The fourth-order valence-electron chi connectivity index (χ4n) is 2.77. The molecule has 1 saturated carbocycles. The van der Waals surface area contributed by atoms with Gasteiger partial charge in [-0.15, -0.1) is 0 Å². The highest BCUT2D eigenvalue weighted by atomic mass is 16.2. The molecular formula is C15H30N2O. The van der Waals surface area contributed by atoms with Gasteiger partial charge in [-0.3, -0.25) is 4.79 Å². The standard InChI is InChI=1S/C15H30N2O/c1-11(2)7-5-8-12(3)17-14(18)15(4)10-6-9-13(15)16/h11-13H,5-10,16H2,1-4H3,(H,17,18). The maximum atomic E-state index is 12.3. The first kappa shape index (κ1) is 15.5. The molecule has 0 radical (unpaired) electrons. The number of hydrogen-bond acceptors (Lipinski definition) is 2. The van der Waals surface area contributed by atoms with E-state index in [4.69, 9.17) is 5.73 Å². The molecule has 0 saturated heterocycles. The van der Waals surface area contributed by atoms with Crippen LogP contribution in [0.25, 0.3) is 0 Å². The summed E-state index contributed by atoms with van der Waals surface area (Å²) in [6.45, 7) is 8.59. The third-order valence-corrected chi connectivity index (χ3v) is 4.34. The second-order valence-electron chi connectivity index (χ2n) is 6.62. The average Bonchev–Trinajstić information content (AvgIpc) is 2.60. The summed E-state index contributed by atoms with van der Waals surface area (Å²) in [6.07, 6.45) is 6.46. The number of rotatable bonds is 6. The minimum absolute atomic E-state index is 0.0281. The van der Waals surface area contributed by atoms with E-state index in [1.807, 2.05) is 6.92 Å². The Balaban J connectivity index is 2.35. The maximum absolute atomic E-state index is 12.3. The Labute approximate surface area is 112 Å². The number of nitrogens with two attached hydrogens (primary N) is 1. The fourth-order valence-corrected chi connectivity index (χ4v) is 2.77. The molecule has 3 N–H and O–H groups in total. The first-order chi connectivity index (χ1) is 8.36. The van der Waals surface area contributed by atoms with Crippen LogP contribution < -0.4 is 11.1 Å². The smallest absolute Gasteiger partial charge is 0.227 e. The Kier molecular flexibility index (Phi) is 5.64. The summed E-state index contributed by atoms with van der Waals surface area (Å²) < 4.78 is 0. The van der Waals surface area contributed by atoms with Crippen molar-refractivity contribution in [3.8, 4) is 0 Å². The SMILES string of the molecule is CC(C)CCCC(C)NC(=O)C1(C)CCCC1N. The Morgan fingerprint density at radius 3 is 2.56 bits per heavy atom. The van der Waals surface area contributed by atoms with Gasteiger partial charge in [0.2, 0.25) is 5.91 Å². The Morgan fingerprint density at radius 2 is 2.06 bits per heavy atom. The van der Waals surface area contributed by atoms with Gasteiger partial charge in [0.15, 0.2) is 0 Å². The Bertz CT molecular complexity index is 278. The first-order valence-electron chi connectivity index (χ1n) is 7.43. The number of carbonyl (C=O) groups excluding carboxylic acids is 1. The molecule has 3 nitrogen and oxygen atoms in total. The molecular weight excluding hydrogens is 224 g/mol. The molecule has 0 aromatic rings. The van der Waals surface area contributed by atoms with Gasteiger partial charge in [0.05, 0.1) is 5.41 Å². The van der Waals surface area contributed by atoms with Gasteiger partial charge < -0.3 is 11.1 Å². The molecule has 3 heteroatoms. The molecule has 3 unspecified atom stereocenters. The van der Waals surface area contributed by atoms with E-state index < -0.39 is 0 Å². The van der Waals surface area contributed by atoms with E-state index in [9.17, 15) is 4.79 Å². The van der Waals surface area contributed by atoms with Crippen molar-refractivity contribution in [1.29, 1.82) is 0 Å². The normalized spacial score (nSPS) is 29.6. The monoisotopic (exact) mass is 254 g/mol. The molecule has 1 rings (SSSR count). The lowest BCUT2D eigenvalue weighted by Gasteiger charge is -2.29. The first-order valence-corrected chi connectivity index (χ1v) is 7.43. The lowest BCUT2D eigenvalue weighted by molar-refractivity contribution is -0.131. The third-order valence-electron chi connectivity index (χ3n) is 4.34. The predicted octanol–water partition coefficient (Wildman–Crippen LogP) is 2.83. The third kappa shape index (κ3) is 3.98. The Morgan fingerprint density at radius 1 is 1.39 bits per heavy atom. The molecule has 0 spiro atoms. The van der Waals surface area contributed by atoms with Gasteiger partial charge in [-0.25, -0.2) is 0 Å². The number of hydrogen-bond donors (Lipinski definition) is 2. The highest BCUT2D eigenvalue weighted by molar-refractivity contribution is 5.83. The van der Waals surface area contributed by atoms with Crippen LogP contribution in [0.5, 0.6) is 0 Å². The van der Waals surface area contributed by atoms with Crippen LogP contribution in [0, 0.1) is 11.3 Å². The van der Waals surface area contributed by atoms with Crippen molar-refractivity contribution in [2.75, 3.05) is 0 Å². The molecule has 3 atom stereocenters. The van der Waals surface area contributed by atoms with Crippen LogP contribution in [-0.4, -0.2) is 18.0 Å². The zero-order valence-corrected chi connectivity index (χ0v) is 12.5. The van der Waals surface area contributed by atoms with E-state index in [1.54, 1.807) is 0 Å². The van der Waals surface area contributed by atoms with Gasteiger partial charge >= 0.3 is 0 Å². The highest BCUT2D eigenvalue weighted by Gasteiger charge is 2.43. The average molecular weight is 254 g/mol. The van der Waals surface area contributed by atoms with E-state index >= 15 is 0 Å². The molecule has 1 aliphatic rings. The van der Waals surface area contributed by atoms with Crippen LogP contribution in [0.4, 0.5) is 0 Å². The van der Waals surface area contributed by atoms with Crippen molar-refractivity contribution in [3.05, 3.63) is 0 Å². The molecule has 0 bridgehead atoms. The zero-order valence-electron chi connectivity index (χ0n) is 12.5. The topological polar surface area (TPSA) is 55.1 Å². The number of carbonyl (C=O) groups is 1. The highest BCUT2D eigenvalue weighted by Crippen LogP contribution is 2.36. The zero-order chi connectivity index (χ0) is 13.8. The van der Waals surface area contributed by atoms with Crippen molar-refractivity contribution >= 4 is 5.91 Å². The quantitative estimate of drug-likeness (QED) is 0.766. The van der Waals surface area contributed by atoms with Gasteiger partial charge in [0, 0.05) is 12.1 Å². The molecule has 0 aromatic heterocycles. The second-order valence-corrected chi connectivity index (χ2v) is 6.62. The minimum Gasteiger partial charge on any atom is -0.353 e. The molecule has 0 aromatic carbocycles. The van der Waals surface area contributed by atoms with Gasteiger partial charge in [-0.1, -0.05) is 33.1 Å². The van der Waals surface area contributed by atoms with Crippen molar-refractivity contribution in [2.45, 2.75) is 78.3 Å². The summed E-state index contributed by atoms with van der Waals surface area (Å²) in [6, 6.07) is 0.293. The minimum atomic E-state index is -0.341. The fraction of sp³-hybridized carbons (Fsp3) is 0.933. The predicted molar refractivity (Wildman–Crippen MR) is 76.2 cm³/mol. The van der Waals surface area contributed by atoms with Crippen LogP contribution in [0.3, 0.4) is 0 Å². The van der Waals surface area contributed by atoms with Crippen LogP contribution in [0.15, 0.2) is 0 Å². The van der Waals surface area contributed by atoms with Gasteiger partial charge in [-0.2, -0.15) is 0 Å². The van der Waals surface area contributed by atoms with Gasteiger partial charge in [-0.05, 0) is 39.0 Å². The van der Waals surface area contributed by atoms with Crippen molar-refractivity contribution in [1.82, 2.24) is 5.32 Å². The number of nitrogens with one attached hydrogen (secondary N) is 1. The van der Waals surface area contributed by atoms with Crippen LogP contribution >= 0.6 is 0 Å². The van der Waals surface area contributed by atoms with E-state index in [2.05, 4.69) is 26.1 Å². The van der Waals surface area contributed by atoms with Gasteiger partial charge in [0.25, 0.3) is 0 Å². The van der Waals surface area contributed by atoms with Crippen LogP contribution in [-0.2, 0) is 4.79 Å². The summed E-state index contributed by atoms with van der Waals surface area (Å²) in [5, 5.41) is 3.15. The lowest BCUT2D eigenvalue weighted by atomic mass is 9.84. The number of amides is 1. The van der Waals surface area contributed by atoms with Gasteiger partial charge in [0.1, 0.15) is 0 Å². The van der Waals surface area contributed by atoms with Crippen molar-refractivity contribution in [2.24, 2.45) is 17.1 Å². The molecule has 0 aliphatic heterocycles. The molecule has 106 valence electrons. The van der Waals surface area contributed by atoms with Crippen molar-refractivity contribution < 1.29 is 4.79 Å². The lowest BCUT2D eigenvalue weighted by Crippen LogP contribution is -2.49. The van der Waals surface area contributed by atoms with Crippen molar-refractivity contribution in [3.63, 3.8) is 0 Å².